The summed E-state index contributed by atoms with van der Waals surface area (Å²) in [5, 5.41) is 0. The van der Waals surface area contributed by atoms with E-state index in [1.54, 1.807) is 11.8 Å². The molecule has 1 saturated heterocycles. The number of carbonyl (C=O) groups is 3. The maximum Gasteiger partial charge on any atom is 0.328 e. The number of para-hydroxylation sites is 1. The monoisotopic (exact) mass is 432 g/mol. The normalized spacial score (nSPS) is 19.8. The van der Waals surface area contributed by atoms with Crippen LogP contribution in [0.1, 0.15) is 45.1 Å². The first-order valence-corrected chi connectivity index (χ1v) is 10.9. The molecule has 0 saturated carbocycles. The summed E-state index contributed by atoms with van der Waals surface area (Å²) >= 11 is 6.41. The lowest BCUT2D eigenvalue weighted by molar-refractivity contribution is -0.147. The second kappa shape index (κ2) is 9.09. The Kier molecular flexibility index (Phi) is 6.74. The Morgan fingerprint density at radius 2 is 1.90 bits per heavy atom. The molecule has 2 heterocycles. The molecule has 2 aliphatic rings. The van der Waals surface area contributed by atoms with Crippen LogP contribution in [0.3, 0.4) is 0 Å². The molecule has 1 aromatic rings. The molecular formula is C21H24N2O4S2. The Bertz CT molecular complexity index is 896. The molecule has 0 aliphatic carbocycles. The van der Waals surface area contributed by atoms with E-state index in [0.717, 1.165) is 48.7 Å². The number of thioether (sulfide) groups is 1. The van der Waals surface area contributed by atoms with Crippen LogP contribution in [0.2, 0.25) is 0 Å². The maximum absolute atomic E-state index is 13.3. The predicted molar refractivity (Wildman–Crippen MR) is 118 cm³/mol. The van der Waals surface area contributed by atoms with E-state index in [2.05, 4.69) is 6.92 Å². The summed E-state index contributed by atoms with van der Waals surface area (Å²) in [6.45, 7) is 4.32. The van der Waals surface area contributed by atoms with Crippen molar-refractivity contribution in [3.05, 3.63) is 34.7 Å². The van der Waals surface area contributed by atoms with E-state index in [1.165, 1.54) is 12.0 Å². The average molecular weight is 433 g/mol. The highest BCUT2D eigenvalue weighted by Gasteiger charge is 2.44. The number of anilines is 1. The molecule has 154 valence electrons. The Morgan fingerprint density at radius 1 is 1.17 bits per heavy atom. The number of methoxy groups -OCH3 is 1. The van der Waals surface area contributed by atoms with E-state index in [4.69, 9.17) is 17.0 Å². The first kappa shape index (κ1) is 21.5. The number of benzene rings is 1. The number of esters is 1. The zero-order valence-corrected chi connectivity index (χ0v) is 18.4. The van der Waals surface area contributed by atoms with Crippen LogP contribution in [0.5, 0.6) is 0 Å². The van der Waals surface area contributed by atoms with Crippen molar-refractivity contribution in [1.29, 1.82) is 0 Å². The van der Waals surface area contributed by atoms with Gasteiger partial charge >= 0.3 is 5.97 Å². The third-order valence-corrected chi connectivity index (χ3v) is 6.52. The largest absolute Gasteiger partial charge is 0.467 e. The fourth-order valence-electron chi connectivity index (χ4n) is 3.56. The molecule has 0 aromatic heterocycles. The number of ether oxygens (including phenoxy) is 1. The fourth-order valence-corrected chi connectivity index (χ4v) is 5.05. The summed E-state index contributed by atoms with van der Waals surface area (Å²) in [7, 11) is 1.27. The van der Waals surface area contributed by atoms with Crippen LogP contribution in [0.15, 0.2) is 29.2 Å². The van der Waals surface area contributed by atoms with Gasteiger partial charge in [0.1, 0.15) is 10.4 Å². The number of unbranched alkanes of at least 4 members (excludes halogenated alkanes) is 3. The molecule has 6 nitrogen and oxygen atoms in total. The Morgan fingerprint density at radius 3 is 2.59 bits per heavy atom. The van der Waals surface area contributed by atoms with Gasteiger partial charge < -0.3 is 9.64 Å². The topological polar surface area (TPSA) is 66.9 Å². The van der Waals surface area contributed by atoms with Crippen molar-refractivity contribution < 1.29 is 19.1 Å². The Hall–Kier alpha value is -2.19. The molecule has 1 fully saturated rings. The first-order valence-electron chi connectivity index (χ1n) is 9.71. The quantitative estimate of drug-likeness (QED) is 0.283. The highest BCUT2D eigenvalue weighted by atomic mass is 32.2. The molecule has 0 radical (unpaired) electrons. The van der Waals surface area contributed by atoms with Crippen LogP contribution < -0.4 is 4.90 Å². The minimum atomic E-state index is -0.845. The van der Waals surface area contributed by atoms with E-state index in [-0.39, 0.29) is 15.1 Å². The molecule has 0 unspecified atom stereocenters. The molecule has 29 heavy (non-hydrogen) atoms. The van der Waals surface area contributed by atoms with E-state index in [9.17, 15) is 14.4 Å². The van der Waals surface area contributed by atoms with E-state index >= 15 is 0 Å². The van der Waals surface area contributed by atoms with Gasteiger partial charge in [0.05, 0.1) is 23.3 Å². The van der Waals surface area contributed by atoms with Crippen LogP contribution in [-0.2, 0) is 19.1 Å². The van der Waals surface area contributed by atoms with Crippen LogP contribution >= 0.6 is 24.0 Å². The first-order chi connectivity index (χ1) is 13.9. The summed E-state index contributed by atoms with van der Waals surface area (Å²) < 4.78 is 5.00. The highest BCUT2D eigenvalue weighted by molar-refractivity contribution is 8.26. The van der Waals surface area contributed by atoms with Gasteiger partial charge in [-0.3, -0.25) is 14.5 Å². The molecule has 8 heteroatoms. The van der Waals surface area contributed by atoms with Gasteiger partial charge in [-0.15, -0.1) is 0 Å². The van der Waals surface area contributed by atoms with Gasteiger partial charge in [-0.2, -0.15) is 0 Å². The lowest BCUT2D eigenvalue weighted by Crippen LogP contribution is -2.42. The van der Waals surface area contributed by atoms with Gasteiger partial charge in [-0.25, -0.2) is 4.79 Å². The second-order valence-electron chi connectivity index (χ2n) is 6.98. The zero-order chi connectivity index (χ0) is 21.1. The fraction of sp³-hybridized carbons (Fsp3) is 0.429. The zero-order valence-electron chi connectivity index (χ0n) is 16.8. The Labute approximate surface area is 180 Å². The van der Waals surface area contributed by atoms with Crippen molar-refractivity contribution in [1.82, 2.24) is 4.90 Å². The SMILES string of the molecule is CCCCCCN1C(=O)/C(=C2\SC(=S)N([C@H](C)C(=O)OC)C2=O)c2ccccc21. The maximum atomic E-state index is 13.3. The number of fused-ring (bicyclic) bond motifs is 1. The molecule has 1 atom stereocenters. The lowest BCUT2D eigenvalue weighted by Gasteiger charge is -2.20. The van der Waals surface area contributed by atoms with Gasteiger partial charge in [-0.1, -0.05) is 68.4 Å². The van der Waals surface area contributed by atoms with Crippen LogP contribution in [-0.4, -0.2) is 46.7 Å². The van der Waals surface area contributed by atoms with Crippen molar-refractivity contribution in [2.75, 3.05) is 18.6 Å². The standard InChI is InChI=1S/C21H24N2O4S2/c1-4-5-6-9-12-22-15-11-8-7-10-14(15)16(18(22)24)17-19(25)23(21(28)29-17)13(2)20(26)27-3/h7-8,10-11,13H,4-6,9,12H2,1-3H3/b17-16-/t13-/m1/s1. The van der Waals surface area contributed by atoms with Gasteiger partial charge in [0.25, 0.3) is 11.8 Å². The second-order valence-corrected chi connectivity index (χ2v) is 8.63. The number of carbonyl (C=O) groups excluding carboxylic acids is 3. The molecule has 3 rings (SSSR count). The smallest absolute Gasteiger partial charge is 0.328 e. The summed E-state index contributed by atoms with van der Waals surface area (Å²) in [5.74, 6) is -1.17. The van der Waals surface area contributed by atoms with Crippen LogP contribution in [0.25, 0.3) is 5.57 Å². The van der Waals surface area contributed by atoms with Crippen molar-refractivity contribution in [3.8, 4) is 0 Å². The molecule has 2 aliphatic heterocycles. The third-order valence-electron chi connectivity index (χ3n) is 5.11. The molecule has 0 spiro atoms. The van der Waals surface area contributed by atoms with Crippen molar-refractivity contribution >= 4 is 57.3 Å². The lowest BCUT2D eigenvalue weighted by atomic mass is 10.1. The van der Waals surface area contributed by atoms with Crippen molar-refractivity contribution in [2.45, 2.75) is 45.6 Å². The van der Waals surface area contributed by atoms with E-state index < -0.39 is 17.9 Å². The van der Waals surface area contributed by atoms with E-state index in [1.807, 2.05) is 24.3 Å². The predicted octanol–water partition coefficient (Wildman–Crippen LogP) is 3.75. The molecule has 0 bridgehead atoms. The van der Waals surface area contributed by atoms with Crippen LogP contribution in [0, 0.1) is 0 Å². The van der Waals surface area contributed by atoms with Gasteiger partial charge in [-0.05, 0) is 19.4 Å². The molecular weight excluding hydrogens is 408 g/mol. The van der Waals surface area contributed by atoms with Crippen molar-refractivity contribution in [2.24, 2.45) is 0 Å². The molecule has 2 amide bonds. The van der Waals surface area contributed by atoms with E-state index in [0.29, 0.717) is 12.1 Å². The summed E-state index contributed by atoms with van der Waals surface area (Å²) in [6.07, 6.45) is 4.20. The number of rotatable bonds is 7. The minimum absolute atomic E-state index is 0.186. The molecule has 0 N–H and O–H groups in total. The minimum Gasteiger partial charge on any atom is -0.467 e. The summed E-state index contributed by atoms with van der Waals surface area (Å²) in [6, 6.07) is 6.65. The summed E-state index contributed by atoms with van der Waals surface area (Å²) in [5.41, 5.74) is 1.92. The third kappa shape index (κ3) is 3.96. The number of hydrogen-bond donors (Lipinski definition) is 0. The number of thiocarbonyl (C=S) groups is 1. The van der Waals surface area contributed by atoms with Gasteiger partial charge in [0.2, 0.25) is 0 Å². The number of hydrogen-bond acceptors (Lipinski definition) is 6. The summed E-state index contributed by atoms with van der Waals surface area (Å²) in [4.78, 5) is 41.6. The van der Waals surface area contributed by atoms with Gasteiger partial charge in [0, 0.05) is 12.1 Å². The number of amides is 2. The molecule has 1 aromatic carbocycles. The van der Waals surface area contributed by atoms with Crippen LogP contribution in [0.4, 0.5) is 5.69 Å². The highest BCUT2D eigenvalue weighted by Crippen LogP contribution is 2.45. The van der Waals surface area contributed by atoms with Gasteiger partial charge in [0.15, 0.2) is 0 Å². The Balaban J connectivity index is 1.96. The number of nitrogens with zero attached hydrogens (tertiary/aromatic N) is 2. The average Bonchev–Trinajstić information content (AvgIpc) is 3.16. The van der Waals surface area contributed by atoms with Crippen molar-refractivity contribution in [3.63, 3.8) is 0 Å².